The van der Waals surface area contributed by atoms with Crippen LogP contribution in [-0.4, -0.2) is 29.2 Å². The van der Waals surface area contributed by atoms with Crippen LogP contribution < -0.4 is 0 Å². The zero-order valence-electron chi connectivity index (χ0n) is 8.89. The molecule has 1 aliphatic heterocycles. The number of esters is 1. The number of thioether (sulfide) groups is 1. The molecule has 0 spiro atoms. The molecule has 1 aromatic carbocycles. The van der Waals surface area contributed by atoms with Crippen LogP contribution in [0.15, 0.2) is 30.3 Å². The van der Waals surface area contributed by atoms with Gasteiger partial charge in [0, 0.05) is 11.5 Å². The lowest BCUT2D eigenvalue weighted by Crippen LogP contribution is -2.34. The van der Waals surface area contributed by atoms with E-state index < -0.39 is 5.60 Å². The maximum Gasteiger partial charge on any atom is 0.309 e. The van der Waals surface area contributed by atoms with Crippen LogP contribution in [0.5, 0.6) is 0 Å². The van der Waals surface area contributed by atoms with Gasteiger partial charge in [-0.25, -0.2) is 0 Å². The summed E-state index contributed by atoms with van der Waals surface area (Å²) in [7, 11) is 0. The lowest BCUT2D eigenvalue weighted by molar-refractivity contribution is -0.148. The molecule has 16 heavy (non-hydrogen) atoms. The summed E-state index contributed by atoms with van der Waals surface area (Å²) >= 11 is 1.61. The quantitative estimate of drug-likeness (QED) is 0.754. The Labute approximate surface area is 98.8 Å². The first-order chi connectivity index (χ1) is 7.71. The largest absolute Gasteiger partial charge is 0.465 e. The van der Waals surface area contributed by atoms with Gasteiger partial charge in [-0.05, 0) is 5.56 Å². The Kier molecular flexibility index (Phi) is 3.51. The Balaban J connectivity index is 2.23. The molecule has 1 heterocycles. The van der Waals surface area contributed by atoms with E-state index in [0.717, 1.165) is 11.3 Å². The summed E-state index contributed by atoms with van der Waals surface area (Å²) in [5.41, 5.74) is -0.315. The predicted octanol–water partition coefficient (Wildman–Crippen LogP) is 1.55. The number of carbonyl (C=O) groups is 1. The Hall–Kier alpha value is -1.00. The van der Waals surface area contributed by atoms with Crippen molar-refractivity contribution >= 4 is 17.7 Å². The normalized spacial score (nSPS) is 26.7. The van der Waals surface area contributed by atoms with E-state index in [1.165, 1.54) is 0 Å². The summed E-state index contributed by atoms with van der Waals surface area (Å²) < 4.78 is 4.98. The molecule has 1 aromatic rings. The van der Waals surface area contributed by atoms with Crippen molar-refractivity contribution in [2.45, 2.75) is 12.0 Å². The van der Waals surface area contributed by atoms with Gasteiger partial charge in [-0.3, -0.25) is 4.79 Å². The van der Waals surface area contributed by atoms with Gasteiger partial charge in [0.1, 0.15) is 12.2 Å². The van der Waals surface area contributed by atoms with E-state index in [0.29, 0.717) is 12.4 Å². The molecular formula is C12H14O3S. The number of ether oxygens (including phenoxy) is 1. The number of aliphatic hydroxyl groups is 1. The van der Waals surface area contributed by atoms with Gasteiger partial charge < -0.3 is 9.84 Å². The molecule has 1 aliphatic rings. The van der Waals surface area contributed by atoms with Crippen molar-refractivity contribution in [2.75, 3.05) is 18.1 Å². The smallest absolute Gasteiger partial charge is 0.309 e. The fourth-order valence-electron chi connectivity index (χ4n) is 1.73. The lowest BCUT2D eigenvalue weighted by Gasteiger charge is -2.29. The highest BCUT2D eigenvalue weighted by atomic mass is 32.2. The molecular weight excluding hydrogens is 224 g/mol. The van der Waals surface area contributed by atoms with Gasteiger partial charge in [-0.2, -0.15) is 11.8 Å². The number of rotatable bonds is 1. The molecule has 0 aromatic heterocycles. The third kappa shape index (κ3) is 2.57. The van der Waals surface area contributed by atoms with Crippen molar-refractivity contribution in [2.24, 2.45) is 0 Å². The highest BCUT2D eigenvalue weighted by Crippen LogP contribution is 2.30. The highest BCUT2D eigenvalue weighted by molar-refractivity contribution is 7.99. The van der Waals surface area contributed by atoms with E-state index in [1.807, 2.05) is 30.3 Å². The number of hydrogen-bond acceptors (Lipinski definition) is 4. The van der Waals surface area contributed by atoms with E-state index >= 15 is 0 Å². The summed E-state index contributed by atoms with van der Waals surface area (Å²) in [4.78, 5) is 11.4. The number of benzene rings is 1. The standard InChI is InChI=1S/C12H14O3S/c13-11-8-12(14,9-16-7-6-15-11)10-4-2-1-3-5-10/h1-5,14H,6-9H2. The minimum Gasteiger partial charge on any atom is -0.465 e. The zero-order chi connectivity index (χ0) is 11.4. The van der Waals surface area contributed by atoms with Gasteiger partial charge >= 0.3 is 5.97 Å². The van der Waals surface area contributed by atoms with Gasteiger partial charge in [0.15, 0.2) is 0 Å². The van der Waals surface area contributed by atoms with Crippen LogP contribution in [-0.2, 0) is 15.1 Å². The zero-order valence-corrected chi connectivity index (χ0v) is 9.70. The molecule has 1 atom stereocenters. The highest BCUT2D eigenvalue weighted by Gasteiger charge is 2.33. The second-order valence-electron chi connectivity index (χ2n) is 3.85. The average molecular weight is 238 g/mol. The Bertz CT molecular complexity index is 366. The minimum absolute atomic E-state index is 0.0318. The van der Waals surface area contributed by atoms with Crippen LogP contribution in [0.4, 0.5) is 0 Å². The van der Waals surface area contributed by atoms with Gasteiger partial charge in [0.05, 0.1) is 6.42 Å². The van der Waals surface area contributed by atoms with Crippen molar-refractivity contribution < 1.29 is 14.6 Å². The summed E-state index contributed by atoms with van der Waals surface area (Å²) in [6.45, 7) is 0.439. The van der Waals surface area contributed by atoms with Crippen LogP contribution in [0.2, 0.25) is 0 Å². The second-order valence-corrected chi connectivity index (χ2v) is 4.95. The first-order valence-corrected chi connectivity index (χ1v) is 6.37. The van der Waals surface area contributed by atoms with Crippen LogP contribution in [0.25, 0.3) is 0 Å². The molecule has 0 saturated carbocycles. The van der Waals surface area contributed by atoms with E-state index in [1.54, 1.807) is 11.8 Å². The van der Waals surface area contributed by atoms with Crippen molar-refractivity contribution in [1.82, 2.24) is 0 Å². The van der Waals surface area contributed by atoms with Crippen molar-refractivity contribution in [3.05, 3.63) is 35.9 Å². The molecule has 0 aliphatic carbocycles. The van der Waals surface area contributed by atoms with E-state index in [-0.39, 0.29) is 12.4 Å². The molecule has 0 bridgehead atoms. The van der Waals surface area contributed by atoms with Crippen molar-refractivity contribution in [3.63, 3.8) is 0 Å². The number of cyclic esters (lactones) is 1. The third-order valence-corrected chi connectivity index (χ3v) is 3.72. The first kappa shape index (κ1) is 11.5. The van der Waals surface area contributed by atoms with Crippen LogP contribution in [0.3, 0.4) is 0 Å². The number of carbonyl (C=O) groups excluding carboxylic acids is 1. The number of hydrogen-bond donors (Lipinski definition) is 1. The summed E-state index contributed by atoms with van der Waals surface area (Å²) in [6.07, 6.45) is 0.0318. The second kappa shape index (κ2) is 4.89. The van der Waals surface area contributed by atoms with Gasteiger partial charge in [0.25, 0.3) is 0 Å². The van der Waals surface area contributed by atoms with E-state index in [4.69, 9.17) is 4.74 Å². The maximum atomic E-state index is 11.4. The lowest BCUT2D eigenvalue weighted by atomic mass is 9.92. The molecule has 1 saturated heterocycles. The van der Waals surface area contributed by atoms with E-state index in [9.17, 15) is 9.90 Å². The average Bonchev–Trinajstić information content (AvgIpc) is 2.27. The molecule has 2 rings (SSSR count). The van der Waals surface area contributed by atoms with Crippen LogP contribution in [0, 0.1) is 0 Å². The SMILES string of the molecule is O=C1CC(O)(c2ccccc2)CSCCO1. The van der Waals surface area contributed by atoms with E-state index in [2.05, 4.69) is 0 Å². The Morgan fingerprint density at radius 3 is 2.81 bits per heavy atom. The molecule has 0 radical (unpaired) electrons. The fraction of sp³-hybridized carbons (Fsp3) is 0.417. The molecule has 4 heteroatoms. The maximum absolute atomic E-state index is 11.4. The van der Waals surface area contributed by atoms with Gasteiger partial charge in [-0.15, -0.1) is 0 Å². The Morgan fingerprint density at radius 1 is 1.31 bits per heavy atom. The summed E-state index contributed by atoms with van der Waals surface area (Å²) in [5.74, 6) is 0.944. The van der Waals surface area contributed by atoms with Crippen molar-refractivity contribution in [1.29, 1.82) is 0 Å². The Morgan fingerprint density at radius 2 is 2.06 bits per heavy atom. The summed E-state index contributed by atoms with van der Waals surface area (Å²) in [5, 5.41) is 10.5. The topological polar surface area (TPSA) is 46.5 Å². The van der Waals surface area contributed by atoms with Gasteiger partial charge in [-0.1, -0.05) is 30.3 Å². The molecule has 3 nitrogen and oxygen atoms in total. The fourth-order valence-corrected chi connectivity index (χ4v) is 2.68. The van der Waals surface area contributed by atoms with Crippen LogP contribution >= 0.6 is 11.8 Å². The van der Waals surface area contributed by atoms with Gasteiger partial charge in [0.2, 0.25) is 0 Å². The third-order valence-electron chi connectivity index (χ3n) is 2.58. The molecule has 1 unspecified atom stereocenters. The van der Waals surface area contributed by atoms with Crippen molar-refractivity contribution in [3.8, 4) is 0 Å². The minimum atomic E-state index is -1.09. The molecule has 1 fully saturated rings. The molecule has 0 amide bonds. The molecule has 86 valence electrons. The first-order valence-electron chi connectivity index (χ1n) is 5.22. The monoisotopic (exact) mass is 238 g/mol. The molecule has 1 N–H and O–H groups in total. The predicted molar refractivity (Wildman–Crippen MR) is 63.2 cm³/mol. The summed E-state index contributed by atoms with van der Waals surface area (Å²) in [6, 6.07) is 9.30. The van der Waals surface area contributed by atoms with Crippen LogP contribution in [0.1, 0.15) is 12.0 Å².